The molecule has 0 aliphatic carbocycles. The van der Waals surface area contributed by atoms with Crippen LogP contribution in [0.2, 0.25) is 0 Å². The number of nitrogens with one attached hydrogen (secondary N) is 4. The Balaban J connectivity index is 5.19. The number of carbonyl (C=O) groups excluding carboxylic acids is 4. The first-order valence-electron chi connectivity index (χ1n) is 12.7. The number of carbonyl (C=O) groups is 5. The molecular formula is C26H44N4O6S2. The maximum absolute atomic E-state index is 13.0. The van der Waals surface area contributed by atoms with Crippen molar-refractivity contribution in [2.45, 2.75) is 66.5 Å². The van der Waals surface area contributed by atoms with E-state index in [-0.39, 0.29) is 48.1 Å². The molecule has 0 heterocycles. The van der Waals surface area contributed by atoms with Crippen LogP contribution in [0, 0.1) is 23.7 Å². The predicted octanol–water partition coefficient (Wildman–Crippen LogP) is 1.94. The first-order valence-corrected chi connectivity index (χ1v) is 14.0. The van der Waals surface area contributed by atoms with Gasteiger partial charge in [-0.25, -0.2) is 0 Å². The first kappa shape index (κ1) is 35.5. The van der Waals surface area contributed by atoms with E-state index >= 15 is 0 Å². The number of thiol groups is 2. The molecule has 5 N–H and O–H groups in total. The minimum Gasteiger partial charge on any atom is -0.481 e. The van der Waals surface area contributed by atoms with Gasteiger partial charge in [0.2, 0.25) is 17.7 Å². The summed E-state index contributed by atoms with van der Waals surface area (Å²) in [5.74, 6) is -3.79. The highest BCUT2D eigenvalue weighted by atomic mass is 32.1. The standard InChI is InChI=1S/C26H44N4O6S2/c1-7-19(23(32)27-13-18(15(2)3)26(35)36)28-24(33)20(14-38)29-25(34)22(16(4)5)30-21(31)12-17(6)10-8-9-11-37/h7-8,10,15-18,20,22,37-38H,9,11-14H2,1-6H3,(H,27,32)(H,28,33)(H,29,34)(H,30,31)(H,35,36)/b10-8+,19-7-/t17?,18-,20+,22-/m0/s1. The van der Waals surface area contributed by atoms with E-state index < -0.39 is 41.7 Å². The topological polar surface area (TPSA) is 154 Å². The molecule has 0 rings (SSSR count). The van der Waals surface area contributed by atoms with Crippen molar-refractivity contribution < 1.29 is 29.1 Å². The Hall–Kier alpha value is -2.47. The molecule has 0 spiro atoms. The van der Waals surface area contributed by atoms with Crippen LogP contribution in [0.4, 0.5) is 0 Å². The Morgan fingerprint density at radius 3 is 2.03 bits per heavy atom. The number of hydrogen-bond donors (Lipinski definition) is 7. The molecule has 4 amide bonds. The van der Waals surface area contributed by atoms with Crippen LogP contribution in [-0.2, 0) is 24.0 Å². The lowest BCUT2D eigenvalue weighted by molar-refractivity contribution is -0.143. The molecule has 0 aromatic carbocycles. The quantitative estimate of drug-likeness (QED) is 0.0803. The molecule has 0 fully saturated rings. The van der Waals surface area contributed by atoms with E-state index in [2.05, 4.69) is 46.5 Å². The normalized spacial score (nSPS) is 15.1. The van der Waals surface area contributed by atoms with E-state index in [9.17, 15) is 29.1 Å². The lowest BCUT2D eigenvalue weighted by Crippen LogP contribution is -2.56. The molecule has 10 nitrogen and oxygen atoms in total. The van der Waals surface area contributed by atoms with Crippen LogP contribution in [0.1, 0.15) is 54.4 Å². The molecule has 0 bridgehead atoms. The van der Waals surface area contributed by atoms with Crippen molar-refractivity contribution >= 4 is 54.9 Å². The third-order valence-electron chi connectivity index (χ3n) is 5.74. The summed E-state index contributed by atoms with van der Waals surface area (Å²) in [6, 6.07) is -1.96. The molecule has 4 atom stereocenters. The largest absolute Gasteiger partial charge is 0.481 e. The average Bonchev–Trinajstić information content (AvgIpc) is 2.83. The van der Waals surface area contributed by atoms with E-state index in [0.717, 1.165) is 6.42 Å². The minimum atomic E-state index is -1.09. The lowest BCUT2D eigenvalue weighted by Gasteiger charge is -2.25. The van der Waals surface area contributed by atoms with Gasteiger partial charge in [0, 0.05) is 18.7 Å². The summed E-state index contributed by atoms with van der Waals surface area (Å²) in [6.45, 7) is 10.4. The zero-order valence-corrected chi connectivity index (χ0v) is 24.9. The SMILES string of the molecule is C/C=C(\NC(=O)[C@@H](CS)NC(=O)[C@@H](NC(=O)CC(C)/C=C/CCS)C(C)C)C(=O)NC[C@H](C(=O)O)C(C)C. The Labute approximate surface area is 237 Å². The zero-order valence-electron chi connectivity index (χ0n) is 23.1. The van der Waals surface area contributed by atoms with Crippen LogP contribution in [0.5, 0.6) is 0 Å². The molecule has 0 saturated heterocycles. The smallest absolute Gasteiger partial charge is 0.308 e. The summed E-state index contributed by atoms with van der Waals surface area (Å²) < 4.78 is 0. The Morgan fingerprint density at radius 2 is 1.55 bits per heavy atom. The van der Waals surface area contributed by atoms with Crippen molar-refractivity contribution in [1.82, 2.24) is 21.3 Å². The summed E-state index contributed by atoms with van der Waals surface area (Å²) in [5.41, 5.74) is -0.0856. The number of carboxylic acid groups (broad SMARTS) is 1. The molecular weight excluding hydrogens is 528 g/mol. The van der Waals surface area contributed by atoms with E-state index in [1.165, 1.54) is 6.08 Å². The molecule has 1 unspecified atom stereocenters. The van der Waals surface area contributed by atoms with Crippen molar-refractivity contribution in [3.05, 3.63) is 23.9 Å². The second-order valence-electron chi connectivity index (χ2n) is 9.75. The van der Waals surface area contributed by atoms with Gasteiger partial charge in [0.1, 0.15) is 17.8 Å². The molecule has 0 saturated carbocycles. The Bertz CT molecular complexity index is 876. The van der Waals surface area contributed by atoms with E-state index in [1.54, 1.807) is 34.6 Å². The van der Waals surface area contributed by atoms with Gasteiger partial charge in [-0.1, -0.05) is 52.8 Å². The lowest BCUT2D eigenvalue weighted by atomic mass is 9.96. The van der Waals surface area contributed by atoms with Crippen molar-refractivity contribution in [2.24, 2.45) is 23.7 Å². The maximum atomic E-state index is 13.0. The van der Waals surface area contributed by atoms with Crippen LogP contribution in [0.3, 0.4) is 0 Å². The van der Waals surface area contributed by atoms with Crippen LogP contribution in [0.25, 0.3) is 0 Å². The summed E-state index contributed by atoms with van der Waals surface area (Å²) in [4.78, 5) is 62.2. The molecule has 12 heteroatoms. The van der Waals surface area contributed by atoms with Gasteiger partial charge in [-0.3, -0.25) is 24.0 Å². The number of rotatable bonds is 17. The summed E-state index contributed by atoms with van der Waals surface area (Å²) in [6.07, 6.45) is 6.27. The van der Waals surface area contributed by atoms with E-state index in [0.29, 0.717) is 5.75 Å². The number of carboxylic acids is 1. The molecule has 216 valence electrons. The third-order valence-corrected chi connectivity index (χ3v) is 6.37. The monoisotopic (exact) mass is 572 g/mol. The molecule has 0 aliphatic heterocycles. The van der Waals surface area contributed by atoms with Crippen LogP contribution >= 0.6 is 25.3 Å². The fourth-order valence-electron chi connectivity index (χ4n) is 3.37. The van der Waals surface area contributed by atoms with Crippen LogP contribution < -0.4 is 21.3 Å². The van der Waals surface area contributed by atoms with Crippen LogP contribution in [0.15, 0.2) is 23.9 Å². The summed E-state index contributed by atoms with van der Waals surface area (Å²) in [7, 11) is 0. The van der Waals surface area contributed by atoms with E-state index in [1.807, 2.05) is 19.1 Å². The number of amides is 4. The van der Waals surface area contributed by atoms with Crippen molar-refractivity contribution in [1.29, 1.82) is 0 Å². The average molecular weight is 573 g/mol. The second-order valence-corrected chi connectivity index (χ2v) is 10.6. The summed E-state index contributed by atoms with van der Waals surface area (Å²) >= 11 is 8.31. The molecule has 0 aliphatic rings. The van der Waals surface area contributed by atoms with E-state index in [4.69, 9.17) is 0 Å². The fraction of sp³-hybridized carbons (Fsp3) is 0.654. The van der Waals surface area contributed by atoms with Crippen molar-refractivity contribution in [2.75, 3.05) is 18.1 Å². The van der Waals surface area contributed by atoms with Gasteiger partial charge in [-0.2, -0.15) is 25.3 Å². The van der Waals surface area contributed by atoms with Crippen molar-refractivity contribution in [3.63, 3.8) is 0 Å². The van der Waals surface area contributed by atoms with Crippen molar-refractivity contribution in [3.8, 4) is 0 Å². The molecule has 0 radical (unpaired) electrons. The van der Waals surface area contributed by atoms with Gasteiger partial charge in [0.25, 0.3) is 5.91 Å². The van der Waals surface area contributed by atoms with Gasteiger partial charge in [-0.05, 0) is 36.9 Å². The van der Waals surface area contributed by atoms with Gasteiger partial charge < -0.3 is 26.4 Å². The predicted molar refractivity (Wildman–Crippen MR) is 155 cm³/mol. The first-order chi connectivity index (χ1) is 17.8. The number of allylic oxidation sites excluding steroid dienone is 3. The highest BCUT2D eigenvalue weighted by Crippen LogP contribution is 2.10. The Morgan fingerprint density at radius 1 is 0.921 bits per heavy atom. The van der Waals surface area contributed by atoms with Gasteiger partial charge in [-0.15, -0.1) is 0 Å². The highest BCUT2D eigenvalue weighted by Gasteiger charge is 2.29. The molecule has 0 aromatic heterocycles. The third kappa shape index (κ3) is 13.4. The second kappa shape index (κ2) is 18.7. The molecule has 38 heavy (non-hydrogen) atoms. The maximum Gasteiger partial charge on any atom is 0.308 e. The van der Waals surface area contributed by atoms with Gasteiger partial charge in [0.05, 0.1) is 5.92 Å². The van der Waals surface area contributed by atoms with Crippen LogP contribution in [-0.4, -0.2) is 64.8 Å². The van der Waals surface area contributed by atoms with Gasteiger partial charge in [0.15, 0.2) is 0 Å². The highest BCUT2D eigenvalue weighted by molar-refractivity contribution is 7.80. The number of hydrogen-bond acceptors (Lipinski definition) is 7. The zero-order chi connectivity index (χ0) is 29.4. The number of aliphatic carboxylic acids is 1. The fourth-order valence-corrected chi connectivity index (χ4v) is 3.78. The molecule has 0 aromatic rings. The summed E-state index contributed by atoms with van der Waals surface area (Å²) in [5, 5.41) is 19.6. The Kier molecular flexibility index (Phi) is 17.5. The van der Waals surface area contributed by atoms with Gasteiger partial charge >= 0.3 is 5.97 Å². The minimum absolute atomic E-state index is 0.0153.